The molecule has 0 fully saturated rings. The zero-order valence-corrected chi connectivity index (χ0v) is 13.4. The lowest BCUT2D eigenvalue weighted by Crippen LogP contribution is -2.23. The minimum Gasteiger partial charge on any atom is -0.397 e. The van der Waals surface area contributed by atoms with Crippen LogP contribution in [-0.2, 0) is 6.54 Å². The largest absolute Gasteiger partial charge is 0.397 e. The molecule has 0 aliphatic rings. The van der Waals surface area contributed by atoms with E-state index in [1.165, 1.54) is 11.3 Å². The van der Waals surface area contributed by atoms with Gasteiger partial charge in [-0.3, -0.25) is 4.79 Å². The summed E-state index contributed by atoms with van der Waals surface area (Å²) in [6.07, 6.45) is 0. The van der Waals surface area contributed by atoms with Crippen molar-refractivity contribution < 1.29 is 9.32 Å². The highest BCUT2D eigenvalue weighted by Gasteiger charge is 2.18. The number of rotatable bonds is 3. The summed E-state index contributed by atoms with van der Waals surface area (Å²) in [5.41, 5.74) is 6.56. The molecule has 1 amide bonds. The maximum atomic E-state index is 12.2. The van der Waals surface area contributed by atoms with E-state index in [2.05, 4.69) is 31.4 Å². The zero-order chi connectivity index (χ0) is 15.0. The fourth-order valence-electron chi connectivity index (χ4n) is 1.95. The molecule has 0 aliphatic carbocycles. The Balaban J connectivity index is 1.84. The quantitative estimate of drug-likeness (QED) is 0.742. The highest BCUT2D eigenvalue weighted by molar-refractivity contribution is 9.10. The Morgan fingerprint density at radius 2 is 2.33 bits per heavy atom. The number of carbonyl (C=O) groups excluding carboxylic acids is 1. The van der Waals surface area contributed by atoms with Gasteiger partial charge in [0.1, 0.15) is 4.88 Å². The minimum atomic E-state index is -0.247. The number of benzene rings is 1. The second-order valence-electron chi connectivity index (χ2n) is 4.37. The molecule has 3 N–H and O–H groups in total. The van der Waals surface area contributed by atoms with Gasteiger partial charge < -0.3 is 15.6 Å². The van der Waals surface area contributed by atoms with Crippen LogP contribution in [-0.4, -0.2) is 16.0 Å². The van der Waals surface area contributed by atoms with Gasteiger partial charge in [-0.25, -0.2) is 0 Å². The Labute approximate surface area is 132 Å². The first-order valence-corrected chi connectivity index (χ1v) is 7.71. The molecule has 0 bridgehead atoms. The number of nitrogen functional groups attached to an aromatic ring is 1. The summed E-state index contributed by atoms with van der Waals surface area (Å²) in [4.78, 5) is 16.8. The molecule has 3 aromatic rings. The van der Waals surface area contributed by atoms with Crippen LogP contribution in [0.2, 0.25) is 0 Å². The third-order valence-electron chi connectivity index (χ3n) is 2.88. The van der Waals surface area contributed by atoms with E-state index in [-0.39, 0.29) is 12.5 Å². The van der Waals surface area contributed by atoms with E-state index in [4.69, 9.17) is 10.3 Å². The van der Waals surface area contributed by atoms with Crippen LogP contribution in [0.5, 0.6) is 0 Å². The number of thiophene rings is 1. The minimum absolute atomic E-state index is 0.199. The topological polar surface area (TPSA) is 94.0 Å². The number of carbonyl (C=O) groups is 1. The molecule has 0 radical (unpaired) electrons. The summed E-state index contributed by atoms with van der Waals surface area (Å²) in [6.45, 7) is 1.89. The Hall–Kier alpha value is -1.93. The molecule has 0 unspecified atom stereocenters. The average molecular weight is 367 g/mol. The van der Waals surface area contributed by atoms with Gasteiger partial charge in [-0.1, -0.05) is 27.2 Å². The maximum Gasteiger partial charge on any atom is 0.263 e. The van der Waals surface area contributed by atoms with Gasteiger partial charge in [-0.15, -0.1) is 11.3 Å². The summed E-state index contributed by atoms with van der Waals surface area (Å²) in [7, 11) is 0. The Morgan fingerprint density at radius 1 is 1.52 bits per heavy atom. The Bertz CT molecular complexity index is 827. The average Bonchev–Trinajstić information content (AvgIpc) is 3.01. The summed E-state index contributed by atoms with van der Waals surface area (Å²) < 4.78 is 6.69. The molecular formula is C13H11BrN4O2S. The van der Waals surface area contributed by atoms with Crippen LogP contribution < -0.4 is 11.1 Å². The van der Waals surface area contributed by atoms with Crippen LogP contribution in [0.4, 0.5) is 5.69 Å². The van der Waals surface area contributed by atoms with Gasteiger partial charge in [0, 0.05) is 21.5 Å². The van der Waals surface area contributed by atoms with Crippen molar-refractivity contribution in [1.82, 2.24) is 15.5 Å². The molecule has 108 valence electrons. The van der Waals surface area contributed by atoms with E-state index in [1.54, 1.807) is 6.92 Å². The third-order valence-corrected chi connectivity index (χ3v) is 4.71. The molecule has 0 spiro atoms. The van der Waals surface area contributed by atoms with Crippen molar-refractivity contribution in [3.63, 3.8) is 0 Å². The molecule has 0 saturated heterocycles. The van der Waals surface area contributed by atoms with Gasteiger partial charge in [-0.2, -0.15) is 4.98 Å². The van der Waals surface area contributed by atoms with E-state index in [0.717, 1.165) is 14.6 Å². The lowest BCUT2D eigenvalue weighted by molar-refractivity contribution is 0.0954. The Kier molecular flexibility index (Phi) is 3.64. The van der Waals surface area contributed by atoms with Crippen molar-refractivity contribution >= 4 is 48.9 Å². The molecule has 8 heteroatoms. The van der Waals surface area contributed by atoms with Crippen LogP contribution >= 0.6 is 27.3 Å². The van der Waals surface area contributed by atoms with Crippen LogP contribution in [0.25, 0.3) is 10.1 Å². The van der Waals surface area contributed by atoms with E-state index < -0.39 is 0 Å². The van der Waals surface area contributed by atoms with Crippen LogP contribution in [0.1, 0.15) is 21.4 Å². The molecule has 1 aromatic carbocycles. The zero-order valence-electron chi connectivity index (χ0n) is 11.0. The predicted octanol–water partition coefficient (Wildman–Crippen LogP) is 2.87. The first kappa shape index (κ1) is 14.0. The van der Waals surface area contributed by atoms with E-state index in [0.29, 0.717) is 22.3 Å². The normalized spacial score (nSPS) is 11.0. The monoisotopic (exact) mass is 366 g/mol. The molecule has 21 heavy (non-hydrogen) atoms. The molecular weight excluding hydrogens is 356 g/mol. The number of halogens is 1. The number of anilines is 1. The Morgan fingerprint density at radius 3 is 3.00 bits per heavy atom. The number of nitrogens with zero attached hydrogens (tertiary/aromatic N) is 2. The molecule has 3 rings (SSSR count). The second-order valence-corrected chi connectivity index (χ2v) is 6.28. The van der Waals surface area contributed by atoms with E-state index in [1.807, 2.05) is 18.2 Å². The van der Waals surface area contributed by atoms with Gasteiger partial charge in [-0.05, 0) is 12.1 Å². The van der Waals surface area contributed by atoms with Gasteiger partial charge in [0.15, 0.2) is 5.82 Å². The number of hydrogen-bond acceptors (Lipinski definition) is 6. The SMILES string of the molecule is Cc1nc(CNC(=O)c2sc3cccc(Br)c3c2N)no1. The van der Waals surface area contributed by atoms with Crippen LogP contribution in [0.15, 0.2) is 27.2 Å². The lowest BCUT2D eigenvalue weighted by Gasteiger charge is -2.01. The van der Waals surface area contributed by atoms with Gasteiger partial charge in [0.05, 0.1) is 12.2 Å². The molecule has 6 nitrogen and oxygen atoms in total. The predicted molar refractivity (Wildman–Crippen MR) is 84.1 cm³/mol. The molecule has 0 saturated carbocycles. The van der Waals surface area contributed by atoms with Crippen molar-refractivity contribution in [1.29, 1.82) is 0 Å². The highest BCUT2D eigenvalue weighted by Crippen LogP contribution is 2.38. The molecule has 0 atom stereocenters. The summed E-state index contributed by atoms with van der Waals surface area (Å²) >= 11 is 4.81. The first-order chi connectivity index (χ1) is 10.1. The first-order valence-electron chi connectivity index (χ1n) is 6.10. The molecule has 0 aliphatic heterocycles. The molecule has 2 heterocycles. The van der Waals surface area contributed by atoms with E-state index in [9.17, 15) is 4.79 Å². The van der Waals surface area contributed by atoms with Crippen LogP contribution in [0.3, 0.4) is 0 Å². The van der Waals surface area contributed by atoms with Gasteiger partial charge >= 0.3 is 0 Å². The van der Waals surface area contributed by atoms with Crippen molar-refractivity contribution in [3.05, 3.63) is 39.3 Å². The number of nitrogens with two attached hydrogens (primary N) is 1. The summed E-state index contributed by atoms with van der Waals surface area (Å²) in [5.74, 6) is 0.648. The summed E-state index contributed by atoms with van der Waals surface area (Å²) in [6, 6.07) is 5.74. The van der Waals surface area contributed by atoms with Crippen molar-refractivity contribution in [2.45, 2.75) is 13.5 Å². The number of aromatic nitrogens is 2. The van der Waals surface area contributed by atoms with Crippen molar-refractivity contribution in [2.75, 3.05) is 5.73 Å². The standard InChI is InChI=1S/C13H11BrN4O2S/c1-6-17-9(18-20-6)5-16-13(19)12-11(15)10-7(14)3-2-4-8(10)21-12/h2-4H,5,15H2,1H3,(H,16,19). The number of hydrogen-bond donors (Lipinski definition) is 2. The lowest BCUT2D eigenvalue weighted by atomic mass is 10.2. The number of aryl methyl sites for hydroxylation is 1. The van der Waals surface area contributed by atoms with E-state index >= 15 is 0 Å². The second kappa shape index (κ2) is 5.45. The van der Waals surface area contributed by atoms with Crippen molar-refractivity contribution in [2.24, 2.45) is 0 Å². The van der Waals surface area contributed by atoms with Gasteiger partial charge in [0.25, 0.3) is 5.91 Å². The van der Waals surface area contributed by atoms with Gasteiger partial charge in [0.2, 0.25) is 5.89 Å². The van der Waals surface area contributed by atoms with Crippen LogP contribution in [0, 0.1) is 6.92 Å². The number of fused-ring (bicyclic) bond motifs is 1. The summed E-state index contributed by atoms with van der Waals surface area (Å²) in [5, 5.41) is 7.33. The van der Waals surface area contributed by atoms with Crippen molar-refractivity contribution in [3.8, 4) is 0 Å². The fraction of sp³-hybridized carbons (Fsp3) is 0.154. The third kappa shape index (κ3) is 2.64. The smallest absolute Gasteiger partial charge is 0.263 e. The fourth-order valence-corrected chi connectivity index (χ4v) is 3.73. The number of nitrogens with one attached hydrogen (secondary N) is 1. The molecule has 2 aromatic heterocycles. The maximum absolute atomic E-state index is 12.2. The number of amides is 1. The highest BCUT2D eigenvalue weighted by atomic mass is 79.9.